The quantitative estimate of drug-likeness (QED) is 0.820. The Morgan fingerprint density at radius 1 is 1.65 bits per heavy atom. The maximum absolute atomic E-state index is 5.43. The zero-order valence-corrected chi connectivity index (χ0v) is 11.1. The summed E-state index contributed by atoms with van der Waals surface area (Å²) in [6.07, 6.45) is 1.65. The number of nitrogens with zero attached hydrogens (tertiary/aromatic N) is 2. The fourth-order valence-electron chi connectivity index (χ4n) is 2.78. The summed E-state index contributed by atoms with van der Waals surface area (Å²) in [5.41, 5.74) is 1.05. The Bertz CT molecular complexity index is 401. The van der Waals surface area contributed by atoms with Gasteiger partial charge in [0.05, 0.1) is 11.8 Å². The van der Waals surface area contributed by atoms with Gasteiger partial charge in [0.25, 0.3) is 0 Å². The van der Waals surface area contributed by atoms with Crippen LogP contribution in [-0.4, -0.2) is 46.9 Å². The minimum atomic E-state index is 0.455. The maximum atomic E-state index is 5.43. The van der Waals surface area contributed by atoms with Gasteiger partial charge in [0.2, 0.25) is 0 Å². The molecule has 17 heavy (non-hydrogen) atoms. The molecule has 2 saturated heterocycles. The molecule has 0 saturated carbocycles. The van der Waals surface area contributed by atoms with Crippen LogP contribution in [0, 0.1) is 6.92 Å². The lowest BCUT2D eigenvalue weighted by molar-refractivity contribution is 0.0619. The summed E-state index contributed by atoms with van der Waals surface area (Å²) >= 11 is 2.07. The summed E-state index contributed by atoms with van der Waals surface area (Å²) in [5, 5.41) is 4.04. The van der Waals surface area contributed by atoms with E-state index >= 15 is 0 Å². The number of ether oxygens (including phenoxy) is 1. The Kier molecular flexibility index (Phi) is 2.92. The monoisotopic (exact) mass is 254 g/mol. The van der Waals surface area contributed by atoms with E-state index in [-0.39, 0.29) is 0 Å². The van der Waals surface area contributed by atoms with Crippen molar-refractivity contribution in [3.8, 4) is 0 Å². The van der Waals surface area contributed by atoms with Gasteiger partial charge in [0, 0.05) is 43.3 Å². The molecule has 3 heterocycles. The summed E-state index contributed by atoms with van der Waals surface area (Å²) in [6, 6.07) is 2.02. The van der Waals surface area contributed by atoms with Gasteiger partial charge in [-0.1, -0.05) is 5.16 Å². The first-order chi connectivity index (χ1) is 8.19. The van der Waals surface area contributed by atoms with Crippen LogP contribution < -0.4 is 0 Å². The number of hydrogen-bond acceptors (Lipinski definition) is 5. The maximum Gasteiger partial charge on any atom is 0.133 e. The van der Waals surface area contributed by atoms with Gasteiger partial charge in [-0.25, -0.2) is 0 Å². The van der Waals surface area contributed by atoms with Crippen LogP contribution in [0.3, 0.4) is 0 Å². The van der Waals surface area contributed by atoms with Gasteiger partial charge in [-0.2, -0.15) is 0 Å². The molecule has 1 aromatic rings. The molecule has 1 spiro atoms. The highest BCUT2D eigenvalue weighted by atomic mass is 32.2. The van der Waals surface area contributed by atoms with Crippen LogP contribution in [-0.2, 0) is 11.3 Å². The molecule has 0 amide bonds. The molecule has 1 aromatic heterocycles. The minimum Gasteiger partial charge on any atom is -0.381 e. The van der Waals surface area contributed by atoms with Gasteiger partial charge >= 0.3 is 0 Å². The average molecular weight is 254 g/mol. The smallest absolute Gasteiger partial charge is 0.133 e. The Morgan fingerprint density at radius 3 is 3.06 bits per heavy atom. The second-order valence-corrected chi connectivity index (χ2v) is 6.62. The van der Waals surface area contributed by atoms with Crippen molar-refractivity contribution in [2.24, 2.45) is 0 Å². The molecule has 5 heteroatoms. The van der Waals surface area contributed by atoms with E-state index < -0.39 is 0 Å². The van der Waals surface area contributed by atoms with E-state index in [1.165, 1.54) is 6.42 Å². The van der Waals surface area contributed by atoms with Crippen LogP contribution in [0.2, 0.25) is 0 Å². The van der Waals surface area contributed by atoms with E-state index in [0.29, 0.717) is 10.9 Å². The Morgan fingerprint density at radius 2 is 2.47 bits per heavy atom. The van der Waals surface area contributed by atoms with Crippen molar-refractivity contribution in [1.29, 1.82) is 0 Å². The van der Waals surface area contributed by atoms with Gasteiger partial charge < -0.3 is 9.26 Å². The Balaban J connectivity index is 1.52. The molecule has 2 fully saturated rings. The fourth-order valence-corrected chi connectivity index (χ4v) is 4.42. The number of methoxy groups -OCH3 is 1. The van der Waals surface area contributed by atoms with Crippen LogP contribution in [0.1, 0.15) is 17.9 Å². The number of aromatic nitrogens is 1. The molecule has 3 rings (SSSR count). The summed E-state index contributed by atoms with van der Waals surface area (Å²) in [4.78, 5) is 2.43. The lowest BCUT2D eigenvalue weighted by Gasteiger charge is -2.47. The topological polar surface area (TPSA) is 38.5 Å². The Labute approximate surface area is 106 Å². The summed E-state index contributed by atoms with van der Waals surface area (Å²) in [5.74, 6) is 2.04. The molecular weight excluding hydrogens is 236 g/mol. The summed E-state index contributed by atoms with van der Waals surface area (Å²) < 4.78 is 11.0. The molecule has 0 radical (unpaired) electrons. The second kappa shape index (κ2) is 4.30. The zero-order chi connectivity index (χ0) is 11.9. The third-order valence-corrected chi connectivity index (χ3v) is 5.17. The third-order valence-electron chi connectivity index (χ3n) is 3.59. The third kappa shape index (κ3) is 2.23. The lowest BCUT2D eigenvalue weighted by Crippen LogP contribution is -2.58. The van der Waals surface area contributed by atoms with Crippen molar-refractivity contribution in [2.45, 2.75) is 30.7 Å². The van der Waals surface area contributed by atoms with Crippen LogP contribution in [0.15, 0.2) is 10.6 Å². The first-order valence-corrected chi connectivity index (χ1v) is 6.99. The van der Waals surface area contributed by atoms with Gasteiger partial charge in [0.15, 0.2) is 0 Å². The number of hydrogen-bond donors (Lipinski definition) is 0. The molecule has 94 valence electrons. The van der Waals surface area contributed by atoms with Crippen LogP contribution in [0.4, 0.5) is 0 Å². The minimum absolute atomic E-state index is 0.455. The largest absolute Gasteiger partial charge is 0.381 e. The number of rotatable bonds is 3. The average Bonchev–Trinajstić information content (AvgIpc) is 2.85. The summed E-state index contributed by atoms with van der Waals surface area (Å²) in [7, 11) is 1.82. The summed E-state index contributed by atoms with van der Waals surface area (Å²) in [6.45, 7) is 5.16. The number of aryl methyl sites for hydroxylation is 1. The molecule has 4 nitrogen and oxygen atoms in total. The second-order valence-electron chi connectivity index (χ2n) is 5.13. The first kappa shape index (κ1) is 11.6. The fraction of sp³-hybridized carbons (Fsp3) is 0.750. The van der Waals surface area contributed by atoms with Crippen LogP contribution in [0.5, 0.6) is 0 Å². The highest BCUT2D eigenvalue weighted by Gasteiger charge is 2.48. The molecule has 2 aliphatic heterocycles. The van der Waals surface area contributed by atoms with E-state index in [2.05, 4.69) is 21.8 Å². The molecular formula is C12H18N2O2S. The van der Waals surface area contributed by atoms with Crippen LogP contribution >= 0.6 is 11.8 Å². The zero-order valence-electron chi connectivity index (χ0n) is 10.3. The van der Waals surface area contributed by atoms with Gasteiger partial charge in [-0.15, -0.1) is 11.8 Å². The van der Waals surface area contributed by atoms with Gasteiger partial charge in [0.1, 0.15) is 5.76 Å². The predicted molar refractivity (Wildman–Crippen MR) is 67.1 cm³/mol. The van der Waals surface area contributed by atoms with E-state index in [9.17, 15) is 0 Å². The van der Waals surface area contributed by atoms with Crippen molar-refractivity contribution in [3.63, 3.8) is 0 Å². The molecule has 1 atom stereocenters. The normalized spacial score (nSPS) is 27.5. The SMILES string of the molecule is CO[C@@H]1CSC2(C1)CN(Cc1cc(C)on1)C2. The predicted octanol–water partition coefficient (Wildman–Crippen LogP) is 1.69. The number of thioether (sulfide) groups is 1. The van der Waals surface area contributed by atoms with Crippen molar-refractivity contribution in [3.05, 3.63) is 17.5 Å². The van der Waals surface area contributed by atoms with Crippen molar-refractivity contribution in [1.82, 2.24) is 10.1 Å². The molecule has 0 aliphatic carbocycles. The van der Waals surface area contributed by atoms with Crippen LogP contribution in [0.25, 0.3) is 0 Å². The molecule has 2 aliphatic rings. The van der Waals surface area contributed by atoms with Crippen molar-refractivity contribution < 1.29 is 9.26 Å². The lowest BCUT2D eigenvalue weighted by atomic mass is 9.93. The molecule has 0 bridgehead atoms. The molecule has 0 N–H and O–H groups in total. The standard InChI is InChI=1S/C12H18N2O2S/c1-9-3-10(13-16-9)5-14-7-12(8-14)4-11(15-2)6-17-12/h3,11H,4-8H2,1-2H3/t11-/m0/s1. The van der Waals surface area contributed by atoms with E-state index in [1.54, 1.807) is 0 Å². The van der Waals surface area contributed by atoms with Gasteiger partial charge in [-0.05, 0) is 13.3 Å². The van der Waals surface area contributed by atoms with Gasteiger partial charge in [-0.3, -0.25) is 4.90 Å². The number of likely N-dealkylation sites (tertiary alicyclic amines) is 1. The highest BCUT2D eigenvalue weighted by molar-refractivity contribution is 8.01. The molecule has 0 unspecified atom stereocenters. The Hall–Kier alpha value is -0.520. The van der Waals surface area contributed by atoms with E-state index in [1.807, 2.05) is 20.1 Å². The molecule has 0 aromatic carbocycles. The first-order valence-electron chi connectivity index (χ1n) is 6.00. The van der Waals surface area contributed by atoms with E-state index in [0.717, 1.165) is 36.8 Å². The highest BCUT2D eigenvalue weighted by Crippen LogP contribution is 2.46. The van der Waals surface area contributed by atoms with Crippen molar-refractivity contribution in [2.75, 3.05) is 26.0 Å². The van der Waals surface area contributed by atoms with Crippen molar-refractivity contribution >= 4 is 11.8 Å². The van der Waals surface area contributed by atoms with E-state index in [4.69, 9.17) is 9.26 Å².